The number of benzene rings is 4. The fourth-order valence-electron chi connectivity index (χ4n) is 4.69. The van der Waals surface area contributed by atoms with E-state index in [1.807, 2.05) is 112 Å². The zero-order valence-electron chi connectivity index (χ0n) is 23.7. The van der Waals surface area contributed by atoms with Gasteiger partial charge in [0.1, 0.15) is 0 Å². The minimum absolute atomic E-state index is 0.00572. The maximum Gasteiger partial charge on any atom is 0.416 e. The molecule has 0 aromatic heterocycles. The van der Waals surface area contributed by atoms with Crippen molar-refractivity contribution in [1.29, 1.82) is 0 Å². The van der Waals surface area contributed by atoms with Gasteiger partial charge >= 0.3 is 12.4 Å². The second-order valence-corrected chi connectivity index (χ2v) is 14.3. The smallest absolute Gasteiger partial charge is 0.347 e. The van der Waals surface area contributed by atoms with E-state index < -0.39 is 53.5 Å². The molecule has 4 rings (SSSR count). The molecule has 1 N–H and O–H groups in total. The number of hydrogen-bond donors (Lipinski definition) is 1. The lowest BCUT2D eigenvalue weighted by Gasteiger charge is -2.33. The van der Waals surface area contributed by atoms with Crippen molar-refractivity contribution in [2.24, 2.45) is 10.2 Å². The number of carbonyl (C=O) groups excluding carboxylic acids is 1. The number of hydrogen-bond acceptors (Lipinski definition) is 2. The van der Waals surface area contributed by atoms with Crippen LogP contribution in [-0.2, 0) is 12.4 Å². The summed E-state index contributed by atoms with van der Waals surface area (Å²) in [5.41, 5.74) is -4.49. The van der Waals surface area contributed by atoms with Crippen LogP contribution >= 0.6 is 7.05 Å². The molecule has 0 spiro atoms. The van der Waals surface area contributed by atoms with Crippen LogP contribution in [0.3, 0.4) is 0 Å². The van der Waals surface area contributed by atoms with E-state index in [4.69, 9.17) is 4.74 Å². The van der Waals surface area contributed by atoms with Gasteiger partial charge < -0.3 is 5.32 Å². The molecule has 0 fully saturated rings. The predicted molar refractivity (Wildman–Crippen MR) is 160 cm³/mol. The van der Waals surface area contributed by atoms with E-state index in [0.29, 0.717) is 12.1 Å². The number of nitrogens with one attached hydrogen (secondary N) is 1. The molecule has 0 radical (unpaired) electrons. The molecule has 4 aromatic rings. The quantitative estimate of drug-likeness (QED) is 0.166. The first kappa shape index (κ1) is 32.1. The van der Waals surface area contributed by atoms with Crippen molar-refractivity contribution >= 4 is 28.9 Å². The van der Waals surface area contributed by atoms with E-state index in [0.717, 1.165) is 15.9 Å². The summed E-state index contributed by atoms with van der Waals surface area (Å²) in [5.74, 6) is -1.05. The van der Waals surface area contributed by atoms with Crippen molar-refractivity contribution in [3.05, 3.63) is 126 Å². The highest BCUT2D eigenvalue weighted by Gasteiger charge is 2.38. The highest BCUT2D eigenvalue weighted by Crippen LogP contribution is 2.47. The second kappa shape index (κ2) is 12.4. The van der Waals surface area contributed by atoms with Crippen LogP contribution in [0.25, 0.3) is 0 Å². The largest absolute Gasteiger partial charge is 0.416 e. The topological polar surface area (TPSA) is 41.5 Å². The monoisotopic (exact) mass is 616 g/mol. The molecule has 3 nitrogen and oxygen atoms in total. The maximum atomic E-state index is 13.5. The molecular weight excluding hydrogens is 585 g/mol. The van der Waals surface area contributed by atoms with Gasteiger partial charge in [-0.25, -0.2) is 0 Å². The molecule has 10 heteroatoms. The van der Waals surface area contributed by atoms with Gasteiger partial charge in [0.05, 0.1) is 30.8 Å². The Morgan fingerprint density at radius 1 is 0.674 bits per heavy atom. The van der Waals surface area contributed by atoms with E-state index in [2.05, 4.69) is 5.32 Å². The lowest BCUT2D eigenvalue weighted by Crippen LogP contribution is -2.46. The van der Waals surface area contributed by atoms with Crippen LogP contribution in [0.1, 0.15) is 42.3 Å². The number of halogens is 6. The normalized spacial score (nSPS) is 13.3. The summed E-state index contributed by atoms with van der Waals surface area (Å²) in [6, 6.07) is 29.3. The Morgan fingerprint density at radius 2 is 1.05 bits per heavy atom. The summed E-state index contributed by atoms with van der Waals surface area (Å²) in [7, 11) is -2.68. The fourth-order valence-corrected chi connectivity index (χ4v) is 8.29. The summed E-state index contributed by atoms with van der Waals surface area (Å²) >= 11 is 0. The Kier molecular flexibility index (Phi) is 9.26. The Hall–Kier alpha value is -3.84. The van der Waals surface area contributed by atoms with Gasteiger partial charge in [0.15, 0.2) is 0 Å². The SMILES string of the molecule is CC(C)(C)[C@@H](CN=P(c1ccccc1)(c1ccccc1)c1ccccc1)NC(=O)c1cc(C(F)(F)F)cc(C(F)(F)F)c1. The van der Waals surface area contributed by atoms with Crippen LogP contribution in [0, 0.1) is 5.41 Å². The van der Waals surface area contributed by atoms with Crippen molar-refractivity contribution in [2.75, 3.05) is 6.54 Å². The van der Waals surface area contributed by atoms with Gasteiger partial charge in [0.2, 0.25) is 0 Å². The van der Waals surface area contributed by atoms with Gasteiger partial charge in [-0.1, -0.05) is 112 Å². The van der Waals surface area contributed by atoms with Gasteiger partial charge in [-0.2, -0.15) is 26.3 Å². The number of alkyl halides is 6. The third-order valence-electron chi connectivity index (χ3n) is 7.07. The Morgan fingerprint density at radius 3 is 1.37 bits per heavy atom. The van der Waals surface area contributed by atoms with Crippen LogP contribution in [0.4, 0.5) is 26.3 Å². The highest BCUT2D eigenvalue weighted by molar-refractivity contribution is 7.87. The fraction of sp³-hybridized carbons (Fsp3) is 0.242. The molecule has 43 heavy (non-hydrogen) atoms. The molecule has 0 saturated carbocycles. The zero-order chi connectivity index (χ0) is 31.5. The zero-order valence-corrected chi connectivity index (χ0v) is 24.6. The summed E-state index contributed by atoms with van der Waals surface area (Å²) in [4.78, 5) is 13.3. The number of nitrogens with zero attached hydrogens (tertiary/aromatic N) is 1. The van der Waals surface area contributed by atoms with Crippen LogP contribution < -0.4 is 21.2 Å². The summed E-state index contributed by atoms with van der Waals surface area (Å²) in [5, 5.41) is 5.58. The number of carbonyl (C=O) groups is 1. The third kappa shape index (κ3) is 7.39. The molecule has 1 atom stereocenters. The van der Waals surface area contributed by atoms with Gasteiger partial charge in [-0.05, 0) is 23.6 Å². The van der Waals surface area contributed by atoms with Gasteiger partial charge in [0.25, 0.3) is 5.91 Å². The summed E-state index contributed by atoms with van der Waals surface area (Å²) < 4.78 is 86.2. The third-order valence-corrected chi connectivity index (χ3v) is 10.8. The van der Waals surface area contributed by atoms with Crippen LogP contribution in [0.2, 0.25) is 0 Å². The van der Waals surface area contributed by atoms with Crippen LogP contribution in [0.5, 0.6) is 0 Å². The molecule has 4 aromatic carbocycles. The molecule has 0 aliphatic rings. The Balaban J connectivity index is 1.84. The van der Waals surface area contributed by atoms with Crippen molar-refractivity contribution in [3.8, 4) is 0 Å². The average molecular weight is 617 g/mol. The molecule has 0 aliphatic carbocycles. The predicted octanol–water partition coefficient (Wildman–Crippen LogP) is 8.05. The average Bonchev–Trinajstić information content (AvgIpc) is 2.96. The van der Waals surface area contributed by atoms with Gasteiger partial charge in [0, 0.05) is 21.5 Å². The minimum atomic E-state index is -5.07. The molecule has 0 bridgehead atoms. The molecule has 226 valence electrons. The van der Waals surface area contributed by atoms with E-state index in [1.165, 1.54) is 0 Å². The number of amides is 1. The summed E-state index contributed by atoms with van der Waals surface area (Å²) in [6.07, 6.45) is -10.1. The second-order valence-electron chi connectivity index (χ2n) is 11.2. The van der Waals surface area contributed by atoms with Crippen molar-refractivity contribution < 1.29 is 31.1 Å². The van der Waals surface area contributed by atoms with E-state index in [1.54, 1.807) is 0 Å². The lowest BCUT2D eigenvalue weighted by atomic mass is 9.86. The van der Waals surface area contributed by atoms with Crippen molar-refractivity contribution in [2.45, 2.75) is 39.2 Å². The first-order valence-electron chi connectivity index (χ1n) is 13.5. The van der Waals surface area contributed by atoms with Crippen molar-refractivity contribution in [1.82, 2.24) is 5.32 Å². The minimum Gasteiger partial charge on any atom is -0.347 e. The van der Waals surface area contributed by atoms with Gasteiger partial charge in [-0.3, -0.25) is 9.54 Å². The number of rotatable bonds is 7. The van der Waals surface area contributed by atoms with E-state index in [-0.39, 0.29) is 12.6 Å². The summed E-state index contributed by atoms with van der Waals surface area (Å²) in [6.45, 7) is 5.53. The molecule has 1 amide bonds. The molecule has 0 aliphatic heterocycles. The first-order valence-corrected chi connectivity index (χ1v) is 15.2. The standard InChI is InChI=1S/C33H31F6N2OP/c1-31(2,3)29(41-30(42)23-19-24(32(34,35)36)21-25(20-23)33(37,38)39)22-40-43(26-13-7-4-8-14-26,27-15-9-5-10-16-27)28-17-11-6-12-18-28/h4-21,29H,22H2,1-3H3,(H,41,42)/t29-/m1/s1. The van der Waals surface area contributed by atoms with Gasteiger partial charge in [-0.15, -0.1) is 0 Å². The maximum absolute atomic E-state index is 13.5. The van der Waals surface area contributed by atoms with E-state index >= 15 is 0 Å². The van der Waals surface area contributed by atoms with E-state index in [9.17, 15) is 31.1 Å². The Bertz CT molecular complexity index is 1460. The lowest BCUT2D eigenvalue weighted by molar-refractivity contribution is -0.143. The molecule has 0 heterocycles. The Labute approximate surface area is 247 Å². The highest BCUT2D eigenvalue weighted by atomic mass is 31.2. The van der Waals surface area contributed by atoms with Crippen LogP contribution in [-0.4, -0.2) is 18.5 Å². The van der Waals surface area contributed by atoms with Crippen molar-refractivity contribution in [3.63, 3.8) is 0 Å². The molecule has 0 saturated heterocycles. The first-order chi connectivity index (χ1) is 20.1. The van der Waals surface area contributed by atoms with Crippen LogP contribution in [0.15, 0.2) is 114 Å². The molecular formula is C33H31F6N2OP. The molecule has 0 unspecified atom stereocenters.